The van der Waals surface area contributed by atoms with Gasteiger partial charge in [0.1, 0.15) is 0 Å². The number of carbonyl (C=O) groups is 3. The summed E-state index contributed by atoms with van der Waals surface area (Å²) in [5.74, 6) is -3.57. The summed E-state index contributed by atoms with van der Waals surface area (Å²) in [4.78, 5) is 37.9. The van der Waals surface area contributed by atoms with E-state index in [4.69, 9.17) is 4.74 Å². The molecule has 27 heavy (non-hydrogen) atoms. The summed E-state index contributed by atoms with van der Waals surface area (Å²) in [6.07, 6.45) is 0.955. The highest BCUT2D eigenvalue weighted by molar-refractivity contribution is 5.92. The van der Waals surface area contributed by atoms with E-state index >= 15 is 0 Å². The lowest BCUT2D eigenvalue weighted by molar-refractivity contribution is -0.155. The summed E-state index contributed by atoms with van der Waals surface area (Å²) in [7, 11) is 0. The van der Waals surface area contributed by atoms with Gasteiger partial charge in [0, 0.05) is 30.3 Å². The maximum absolute atomic E-state index is 13.1. The summed E-state index contributed by atoms with van der Waals surface area (Å²) < 4.78 is 31.0. The first-order valence-electron chi connectivity index (χ1n) is 8.79. The Morgan fingerprint density at radius 2 is 1.78 bits per heavy atom. The Labute approximate surface area is 156 Å². The minimum absolute atomic E-state index is 0.0419. The minimum atomic E-state index is -1.08. The molecule has 1 aromatic rings. The van der Waals surface area contributed by atoms with E-state index < -0.39 is 35.5 Å². The Morgan fingerprint density at radius 1 is 1.15 bits per heavy atom. The topological polar surface area (TPSA) is 75.7 Å². The molecule has 2 amide bonds. The van der Waals surface area contributed by atoms with Crippen LogP contribution in [0.4, 0.5) is 14.5 Å². The van der Waals surface area contributed by atoms with Gasteiger partial charge in [0.15, 0.2) is 18.2 Å². The Hall–Kier alpha value is -2.51. The second-order valence-corrected chi connectivity index (χ2v) is 7.60. The molecular formula is C19H24F2N2O4. The van der Waals surface area contributed by atoms with Gasteiger partial charge in [0.2, 0.25) is 5.91 Å². The van der Waals surface area contributed by atoms with Crippen LogP contribution in [0.3, 0.4) is 0 Å². The summed E-state index contributed by atoms with van der Waals surface area (Å²) in [6, 6.07) is 2.95. The molecule has 0 atom stereocenters. The number of rotatable bonds is 4. The molecule has 0 spiro atoms. The van der Waals surface area contributed by atoms with Crippen molar-refractivity contribution in [2.75, 3.05) is 25.0 Å². The Bertz CT molecular complexity index is 723. The number of amides is 2. The molecular weight excluding hydrogens is 358 g/mol. The van der Waals surface area contributed by atoms with Crippen molar-refractivity contribution in [3.05, 3.63) is 29.8 Å². The number of benzene rings is 1. The molecule has 2 rings (SSSR count). The minimum Gasteiger partial charge on any atom is -0.455 e. The van der Waals surface area contributed by atoms with E-state index in [-0.39, 0.29) is 17.5 Å². The molecule has 1 N–H and O–H groups in total. The van der Waals surface area contributed by atoms with Crippen LogP contribution in [0, 0.1) is 23.0 Å². The fraction of sp³-hybridized carbons (Fsp3) is 0.526. The smallest absolute Gasteiger partial charge is 0.309 e. The number of nitrogens with one attached hydrogen (secondary N) is 1. The van der Waals surface area contributed by atoms with Crippen LogP contribution in [0.5, 0.6) is 0 Å². The van der Waals surface area contributed by atoms with E-state index in [2.05, 4.69) is 5.32 Å². The molecule has 0 aromatic heterocycles. The number of likely N-dealkylation sites (tertiary alicyclic amines) is 1. The van der Waals surface area contributed by atoms with Crippen molar-refractivity contribution < 1.29 is 27.9 Å². The number of hydrogen-bond donors (Lipinski definition) is 1. The Morgan fingerprint density at radius 3 is 2.33 bits per heavy atom. The van der Waals surface area contributed by atoms with Crippen molar-refractivity contribution in [2.45, 2.75) is 33.6 Å². The molecule has 6 nitrogen and oxygen atoms in total. The van der Waals surface area contributed by atoms with Crippen LogP contribution in [-0.4, -0.2) is 42.4 Å². The van der Waals surface area contributed by atoms with Gasteiger partial charge < -0.3 is 15.0 Å². The molecule has 148 valence electrons. The number of anilines is 1. The van der Waals surface area contributed by atoms with Crippen molar-refractivity contribution in [3.8, 4) is 0 Å². The van der Waals surface area contributed by atoms with Gasteiger partial charge in [-0.1, -0.05) is 20.8 Å². The van der Waals surface area contributed by atoms with Crippen LogP contribution >= 0.6 is 0 Å². The quantitative estimate of drug-likeness (QED) is 0.813. The zero-order chi connectivity index (χ0) is 20.2. The summed E-state index contributed by atoms with van der Waals surface area (Å²) in [6.45, 7) is 5.97. The van der Waals surface area contributed by atoms with Crippen LogP contribution in [-0.2, 0) is 19.1 Å². The zero-order valence-electron chi connectivity index (χ0n) is 15.7. The second-order valence-electron chi connectivity index (χ2n) is 7.60. The van der Waals surface area contributed by atoms with Gasteiger partial charge in [0.25, 0.3) is 5.91 Å². The summed E-state index contributed by atoms with van der Waals surface area (Å²) >= 11 is 0. The fourth-order valence-electron chi connectivity index (χ4n) is 2.82. The lowest BCUT2D eigenvalue weighted by Gasteiger charge is -2.34. The lowest BCUT2D eigenvalue weighted by atomic mass is 9.91. The maximum Gasteiger partial charge on any atom is 0.309 e. The largest absolute Gasteiger partial charge is 0.455 e. The number of esters is 1. The normalized spacial score (nSPS) is 15.4. The van der Waals surface area contributed by atoms with Gasteiger partial charge in [-0.15, -0.1) is 0 Å². The van der Waals surface area contributed by atoms with Crippen LogP contribution in [0.25, 0.3) is 0 Å². The van der Waals surface area contributed by atoms with Crippen molar-refractivity contribution in [1.82, 2.24) is 4.90 Å². The first kappa shape index (κ1) is 20.8. The highest BCUT2D eigenvalue weighted by Gasteiger charge is 2.33. The standard InChI is InChI=1S/C19H24F2N2O4/c1-19(2,3)18(26)23-8-6-12(7-9-23)17(25)27-11-16(24)22-13-4-5-14(20)15(21)10-13/h4-5,10,12H,6-9,11H2,1-3H3,(H,22,24). The first-order valence-corrected chi connectivity index (χ1v) is 8.79. The van der Waals surface area contributed by atoms with Gasteiger partial charge in [-0.25, -0.2) is 8.78 Å². The summed E-state index contributed by atoms with van der Waals surface area (Å²) in [5.41, 5.74) is -0.394. The summed E-state index contributed by atoms with van der Waals surface area (Å²) in [5, 5.41) is 2.33. The van der Waals surface area contributed by atoms with Crippen molar-refractivity contribution in [2.24, 2.45) is 11.3 Å². The Kier molecular flexibility index (Phi) is 6.51. The highest BCUT2D eigenvalue weighted by Crippen LogP contribution is 2.24. The first-order chi connectivity index (χ1) is 12.6. The van der Waals surface area contributed by atoms with Gasteiger partial charge in [0.05, 0.1) is 5.92 Å². The van der Waals surface area contributed by atoms with E-state index in [1.807, 2.05) is 20.8 Å². The van der Waals surface area contributed by atoms with Gasteiger partial charge in [-0.05, 0) is 25.0 Å². The highest BCUT2D eigenvalue weighted by atomic mass is 19.2. The third-order valence-corrected chi connectivity index (χ3v) is 4.31. The number of ether oxygens (including phenoxy) is 1. The lowest BCUT2D eigenvalue weighted by Crippen LogP contribution is -2.45. The van der Waals surface area contributed by atoms with Crippen LogP contribution in [0.1, 0.15) is 33.6 Å². The molecule has 0 unspecified atom stereocenters. The molecule has 1 heterocycles. The molecule has 8 heteroatoms. The number of halogens is 2. The maximum atomic E-state index is 13.1. The third-order valence-electron chi connectivity index (χ3n) is 4.31. The van der Waals surface area contributed by atoms with Gasteiger partial charge in [-0.3, -0.25) is 14.4 Å². The van der Waals surface area contributed by atoms with Gasteiger partial charge >= 0.3 is 5.97 Å². The van der Waals surface area contributed by atoms with E-state index in [9.17, 15) is 23.2 Å². The van der Waals surface area contributed by atoms with Gasteiger partial charge in [-0.2, -0.15) is 0 Å². The number of piperidine rings is 1. The number of nitrogens with zero attached hydrogens (tertiary/aromatic N) is 1. The number of carbonyl (C=O) groups excluding carboxylic acids is 3. The van der Waals surface area contributed by atoms with Crippen LogP contribution < -0.4 is 5.32 Å². The second kappa shape index (κ2) is 8.45. The number of hydrogen-bond acceptors (Lipinski definition) is 4. The van der Waals surface area contributed by atoms with Crippen molar-refractivity contribution in [3.63, 3.8) is 0 Å². The molecule has 1 fully saturated rings. The Balaban J connectivity index is 1.77. The predicted octanol–water partition coefficient (Wildman–Crippen LogP) is 2.73. The van der Waals surface area contributed by atoms with Crippen LogP contribution in [0.15, 0.2) is 18.2 Å². The third kappa shape index (κ3) is 5.74. The van der Waals surface area contributed by atoms with E-state index in [0.29, 0.717) is 25.9 Å². The molecule has 0 bridgehead atoms. The molecule has 0 aliphatic carbocycles. The van der Waals surface area contributed by atoms with E-state index in [1.54, 1.807) is 4.90 Å². The average molecular weight is 382 g/mol. The average Bonchev–Trinajstić information content (AvgIpc) is 2.61. The zero-order valence-corrected chi connectivity index (χ0v) is 15.7. The van der Waals surface area contributed by atoms with Crippen molar-refractivity contribution in [1.29, 1.82) is 0 Å². The molecule has 1 aliphatic rings. The molecule has 0 saturated carbocycles. The van der Waals surface area contributed by atoms with Crippen molar-refractivity contribution >= 4 is 23.5 Å². The monoisotopic (exact) mass is 382 g/mol. The molecule has 1 aliphatic heterocycles. The molecule has 1 aromatic carbocycles. The molecule has 1 saturated heterocycles. The van der Waals surface area contributed by atoms with E-state index in [0.717, 1.165) is 12.1 Å². The predicted molar refractivity (Wildman–Crippen MR) is 94.7 cm³/mol. The molecule has 0 radical (unpaired) electrons. The van der Waals surface area contributed by atoms with Crippen LogP contribution in [0.2, 0.25) is 0 Å². The van der Waals surface area contributed by atoms with E-state index in [1.165, 1.54) is 6.07 Å². The fourth-order valence-corrected chi connectivity index (χ4v) is 2.82. The SMILES string of the molecule is CC(C)(C)C(=O)N1CCC(C(=O)OCC(=O)Nc2ccc(F)c(F)c2)CC1.